The lowest BCUT2D eigenvalue weighted by molar-refractivity contribution is -0.129. The average Bonchev–Trinajstić information content (AvgIpc) is 2.47. The van der Waals surface area contributed by atoms with Gasteiger partial charge in [0.15, 0.2) is 0 Å². The molecule has 0 atom stereocenters. The number of anilines is 1. The molecule has 1 aliphatic heterocycles. The maximum Gasteiger partial charge on any atom is 0.219 e. The largest absolute Gasteiger partial charge is 0.353 e. The normalized spacial score (nSPS) is 15.8. The van der Waals surface area contributed by atoms with Crippen LogP contribution < -0.4 is 4.90 Å². The number of piperazine rings is 1. The highest BCUT2D eigenvalue weighted by molar-refractivity contribution is 5.92. The summed E-state index contributed by atoms with van der Waals surface area (Å²) >= 11 is 0. The molecule has 1 aliphatic rings. The van der Waals surface area contributed by atoms with Crippen LogP contribution >= 0.6 is 0 Å². The van der Waals surface area contributed by atoms with E-state index in [2.05, 4.69) is 22.0 Å². The molecule has 1 amide bonds. The molecule has 19 heavy (non-hydrogen) atoms. The van der Waals surface area contributed by atoms with Crippen LogP contribution in [0.1, 0.15) is 6.92 Å². The third-order valence-electron chi connectivity index (χ3n) is 3.68. The molecule has 3 rings (SSSR count). The summed E-state index contributed by atoms with van der Waals surface area (Å²) in [6.07, 6.45) is 1.86. The van der Waals surface area contributed by atoms with Crippen molar-refractivity contribution in [3.05, 3.63) is 36.5 Å². The molecule has 4 nitrogen and oxygen atoms in total. The third-order valence-corrected chi connectivity index (χ3v) is 3.68. The van der Waals surface area contributed by atoms with Crippen LogP contribution in [-0.2, 0) is 4.79 Å². The van der Waals surface area contributed by atoms with Crippen molar-refractivity contribution >= 4 is 22.5 Å². The van der Waals surface area contributed by atoms with Gasteiger partial charge in [-0.1, -0.05) is 24.3 Å². The van der Waals surface area contributed by atoms with Crippen LogP contribution in [0, 0.1) is 0 Å². The second kappa shape index (κ2) is 4.88. The Morgan fingerprint density at radius 3 is 2.58 bits per heavy atom. The number of amides is 1. The standard InChI is InChI=1S/C15H17N3O/c1-12(19)17-8-10-18(11-9-17)15-14-5-3-2-4-13(14)6-7-16-15/h2-7H,8-11H2,1H3. The van der Waals surface area contributed by atoms with E-state index in [0.29, 0.717) is 0 Å². The number of rotatable bonds is 1. The summed E-state index contributed by atoms with van der Waals surface area (Å²) in [5, 5.41) is 2.39. The maximum atomic E-state index is 11.3. The molecule has 1 aromatic carbocycles. The SMILES string of the molecule is CC(=O)N1CCN(c2nccc3ccccc23)CC1. The van der Waals surface area contributed by atoms with Crippen LogP contribution in [0.2, 0.25) is 0 Å². The molecule has 2 heterocycles. The summed E-state index contributed by atoms with van der Waals surface area (Å²) < 4.78 is 0. The van der Waals surface area contributed by atoms with Gasteiger partial charge in [-0.15, -0.1) is 0 Å². The summed E-state index contributed by atoms with van der Waals surface area (Å²) in [5.74, 6) is 1.19. The minimum absolute atomic E-state index is 0.158. The van der Waals surface area contributed by atoms with E-state index in [1.165, 1.54) is 10.8 Å². The van der Waals surface area contributed by atoms with Crippen molar-refractivity contribution in [3.8, 4) is 0 Å². The molecule has 0 unspecified atom stereocenters. The lowest BCUT2D eigenvalue weighted by Gasteiger charge is -2.35. The van der Waals surface area contributed by atoms with E-state index in [1.807, 2.05) is 29.3 Å². The highest BCUT2D eigenvalue weighted by atomic mass is 16.2. The van der Waals surface area contributed by atoms with Gasteiger partial charge in [0, 0.05) is 44.7 Å². The predicted molar refractivity (Wildman–Crippen MR) is 76.2 cm³/mol. The first-order valence-electron chi connectivity index (χ1n) is 6.60. The first-order valence-corrected chi connectivity index (χ1v) is 6.60. The zero-order chi connectivity index (χ0) is 13.2. The van der Waals surface area contributed by atoms with Crippen LogP contribution in [0.4, 0.5) is 5.82 Å². The number of carbonyl (C=O) groups excluding carboxylic acids is 1. The fourth-order valence-corrected chi connectivity index (χ4v) is 2.59. The van der Waals surface area contributed by atoms with Crippen LogP contribution in [0.3, 0.4) is 0 Å². The maximum absolute atomic E-state index is 11.3. The molecule has 0 N–H and O–H groups in total. The third kappa shape index (κ3) is 2.26. The Kier molecular flexibility index (Phi) is 3.07. The summed E-state index contributed by atoms with van der Waals surface area (Å²) in [6, 6.07) is 10.3. The van der Waals surface area contributed by atoms with Gasteiger partial charge in [-0.2, -0.15) is 0 Å². The van der Waals surface area contributed by atoms with Gasteiger partial charge >= 0.3 is 0 Å². The molecule has 1 saturated heterocycles. The van der Waals surface area contributed by atoms with E-state index in [4.69, 9.17) is 0 Å². The van der Waals surface area contributed by atoms with E-state index in [9.17, 15) is 4.79 Å². The van der Waals surface area contributed by atoms with Crippen molar-refractivity contribution in [1.82, 2.24) is 9.88 Å². The van der Waals surface area contributed by atoms with Gasteiger partial charge in [0.1, 0.15) is 5.82 Å². The van der Waals surface area contributed by atoms with Crippen molar-refractivity contribution in [2.75, 3.05) is 31.1 Å². The minimum atomic E-state index is 0.158. The van der Waals surface area contributed by atoms with Crippen molar-refractivity contribution < 1.29 is 4.79 Å². The van der Waals surface area contributed by atoms with Gasteiger partial charge in [-0.05, 0) is 11.5 Å². The summed E-state index contributed by atoms with van der Waals surface area (Å²) in [6.45, 7) is 4.88. The molecular formula is C15H17N3O. The van der Waals surface area contributed by atoms with E-state index < -0.39 is 0 Å². The number of fused-ring (bicyclic) bond motifs is 1. The molecule has 2 aromatic rings. The van der Waals surface area contributed by atoms with Crippen molar-refractivity contribution in [2.45, 2.75) is 6.92 Å². The molecule has 0 bridgehead atoms. The molecule has 0 spiro atoms. The van der Waals surface area contributed by atoms with Crippen LogP contribution in [0.5, 0.6) is 0 Å². The first kappa shape index (κ1) is 12.0. The van der Waals surface area contributed by atoms with Crippen LogP contribution in [0.15, 0.2) is 36.5 Å². The number of hydrogen-bond donors (Lipinski definition) is 0. The number of aromatic nitrogens is 1. The quantitative estimate of drug-likeness (QED) is 0.781. The summed E-state index contributed by atoms with van der Waals surface area (Å²) in [5.41, 5.74) is 0. The van der Waals surface area contributed by atoms with Gasteiger partial charge < -0.3 is 9.80 Å². The van der Waals surface area contributed by atoms with Gasteiger partial charge in [0.25, 0.3) is 0 Å². The summed E-state index contributed by atoms with van der Waals surface area (Å²) in [4.78, 5) is 20.0. The number of nitrogens with zero attached hydrogens (tertiary/aromatic N) is 3. The second-order valence-corrected chi connectivity index (χ2v) is 4.85. The monoisotopic (exact) mass is 255 g/mol. The highest BCUT2D eigenvalue weighted by Gasteiger charge is 2.20. The van der Waals surface area contributed by atoms with Crippen molar-refractivity contribution in [2.24, 2.45) is 0 Å². The molecular weight excluding hydrogens is 238 g/mol. The zero-order valence-corrected chi connectivity index (χ0v) is 11.0. The number of pyridine rings is 1. The number of carbonyl (C=O) groups is 1. The van der Waals surface area contributed by atoms with E-state index in [1.54, 1.807) is 6.92 Å². The molecule has 0 aliphatic carbocycles. The van der Waals surface area contributed by atoms with Crippen LogP contribution in [-0.4, -0.2) is 42.0 Å². The Hall–Kier alpha value is -2.10. The molecule has 1 fully saturated rings. The topological polar surface area (TPSA) is 36.4 Å². The van der Waals surface area contributed by atoms with Crippen LogP contribution in [0.25, 0.3) is 10.8 Å². The van der Waals surface area contributed by atoms with Gasteiger partial charge in [0.05, 0.1) is 0 Å². The Balaban J connectivity index is 1.88. The Bertz CT molecular complexity index is 598. The van der Waals surface area contributed by atoms with Crippen molar-refractivity contribution in [3.63, 3.8) is 0 Å². The lowest BCUT2D eigenvalue weighted by atomic mass is 10.1. The Morgan fingerprint density at radius 2 is 1.84 bits per heavy atom. The second-order valence-electron chi connectivity index (χ2n) is 4.85. The molecule has 4 heteroatoms. The van der Waals surface area contributed by atoms with Gasteiger partial charge in [-0.3, -0.25) is 4.79 Å². The minimum Gasteiger partial charge on any atom is -0.353 e. The molecule has 1 aromatic heterocycles. The lowest BCUT2D eigenvalue weighted by Crippen LogP contribution is -2.48. The number of benzene rings is 1. The molecule has 0 radical (unpaired) electrons. The molecule has 0 saturated carbocycles. The highest BCUT2D eigenvalue weighted by Crippen LogP contribution is 2.24. The Labute approximate surface area is 112 Å². The van der Waals surface area contributed by atoms with Gasteiger partial charge in [-0.25, -0.2) is 4.98 Å². The fraction of sp³-hybridized carbons (Fsp3) is 0.333. The zero-order valence-electron chi connectivity index (χ0n) is 11.0. The average molecular weight is 255 g/mol. The summed E-state index contributed by atoms with van der Waals surface area (Å²) in [7, 11) is 0. The Morgan fingerprint density at radius 1 is 1.11 bits per heavy atom. The van der Waals surface area contributed by atoms with E-state index in [-0.39, 0.29) is 5.91 Å². The van der Waals surface area contributed by atoms with E-state index >= 15 is 0 Å². The smallest absolute Gasteiger partial charge is 0.219 e. The van der Waals surface area contributed by atoms with Gasteiger partial charge in [0.2, 0.25) is 5.91 Å². The fourth-order valence-electron chi connectivity index (χ4n) is 2.59. The molecule has 98 valence electrons. The number of hydrogen-bond acceptors (Lipinski definition) is 3. The van der Waals surface area contributed by atoms with E-state index in [0.717, 1.165) is 32.0 Å². The first-order chi connectivity index (χ1) is 9.25. The predicted octanol–water partition coefficient (Wildman–Crippen LogP) is 1.90. The van der Waals surface area contributed by atoms with Crippen molar-refractivity contribution in [1.29, 1.82) is 0 Å².